The van der Waals surface area contributed by atoms with E-state index in [1.54, 1.807) is 6.92 Å². The first kappa shape index (κ1) is 101. The van der Waals surface area contributed by atoms with Gasteiger partial charge in [0.15, 0.2) is 68.6 Å². The number of carboxylic acids is 1. The van der Waals surface area contributed by atoms with Crippen LogP contribution in [-0.4, -0.2) is 445 Å². The van der Waals surface area contributed by atoms with Crippen LogP contribution >= 0.6 is 0 Å². The third-order valence-electron chi connectivity index (χ3n) is 31.0. The van der Waals surface area contributed by atoms with Gasteiger partial charge in [0.25, 0.3) is 0 Å². The number of allylic oxidation sites excluding steroid dienone is 2. The van der Waals surface area contributed by atoms with Crippen LogP contribution < -0.4 is 0 Å². The van der Waals surface area contributed by atoms with E-state index in [4.69, 9.17) is 90.0 Å². The average molecular weight is 1860 g/mol. The Balaban J connectivity index is 0.780. The van der Waals surface area contributed by atoms with Gasteiger partial charge in [0.1, 0.15) is 170 Å². The minimum Gasteiger partial charge on any atom is -0.479 e. The van der Waals surface area contributed by atoms with Gasteiger partial charge >= 0.3 is 17.9 Å². The van der Waals surface area contributed by atoms with Crippen LogP contribution in [0.4, 0.5) is 0 Å². The van der Waals surface area contributed by atoms with Crippen molar-refractivity contribution in [3.8, 4) is 0 Å². The Labute approximate surface area is 740 Å². The molecular weight excluding hydrogens is 1730 g/mol. The molecule has 0 spiro atoms. The number of aliphatic hydroxyl groups excluding tert-OH is 21. The number of aliphatic carboxylic acids is 1. The van der Waals surface area contributed by atoms with Gasteiger partial charge in [0.05, 0.1) is 75.6 Å². The summed E-state index contributed by atoms with van der Waals surface area (Å²) in [6, 6.07) is 0. The number of carbonyl (C=O) groups excluding carboxylic acids is 3. The van der Waals surface area contributed by atoms with Crippen LogP contribution in [0, 0.1) is 50.2 Å². The fourth-order valence-electron chi connectivity index (χ4n) is 23.2. The molecule has 14 rings (SSSR count). The molecular formula is C83H130O46. The summed E-state index contributed by atoms with van der Waals surface area (Å²) in [7, 11) is 0. The van der Waals surface area contributed by atoms with Crippen molar-refractivity contribution < 1.29 is 227 Å². The Bertz CT molecular complexity index is 3890. The highest BCUT2D eigenvalue weighted by molar-refractivity contribution is 5.80. The summed E-state index contributed by atoms with van der Waals surface area (Å²) in [5.41, 5.74) is -8.00. The zero-order valence-electron chi connectivity index (χ0n) is 72.9. The highest BCUT2D eigenvalue weighted by atomic mass is 16.8. The maximum atomic E-state index is 16.7. The zero-order chi connectivity index (χ0) is 94.2. The third kappa shape index (κ3) is 18.0. The smallest absolute Gasteiger partial charge is 0.335 e. The fourth-order valence-corrected chi connectivity index (χ4v) is 23.2. The molecule has 0 amide bonds. The van der Waals surface area contributed by atoms with Crippen molar-refractivity contribution in [3.63, 3.8) is 0 Å². The fraction of sp³-hybridized carbons (Fsp3) is 0.928. The molecule has 4 saturated carbocycles. The maximum absolute atomic E-state index is 16.7. The van der Waals surface area contributed by atoms with Crippen LogP contribution in [0.2, 0.25) is 0 Å². The zero-order valence-corrected chi connectivity index (χ0v) is 72.9. The Morgan fingerprint density at radius 3 is 1.55 bits per heavy atom. The van der Waals surface area contributed by atoms with Gasteiger partial charge in [-0.15, -0.1) is 0 Å². The summed E-state index contributed by atoms with van der Waals surface area (Å²) >= 11 is 0. The molecule has 9 saturated heterocycles. The van der Waals surface area contributed by atoms with Crippen molar-refractivity contribution in [2.75, 3.05) is 39.6 Å². The van der Waals surface area contributed by atoms with Gasteiger partial charge in [-0.1, -0.05) is 53.2 Å². The summed E-state index contributed by atoms with van der Waals surface area (Å²) in [5, 5.41) is 257. The lowest BCUT2D eigenvalue weighted by Gasteiger charge is -2.71. The highest BCUT2D eigenvalue weighted by Crippen LogP contribution is 2.76. The molecule has 0 aromatic heterocycles. The van der Waals surface area contributed by atoms with Gasteiger partial charge in [-0.3, -0.25) is 9.59 Å². The first-order valence-corrected chi connectivity index (χ1v) is 44.1. The summed E-state index contributed by atoms with van der Waals surface area (Å²) in [6.45, 7) is 12.1. The highest BCUT2D eigenvalue weighted by Gasteiger charge is 2.74. The van der Waals surface area contributed by atoms with Crippen LogP contribution in [0.15, 0.2) is 11.6 Å². The van der Waals surface area contributed by atoms with Crippen LogP contribution in [0.1, 0.15) is 127 Å². The number of ether oxygens (including phenoxy) is 19. The molecule has 9 aliphatic heterocycles. The molecule has 0 aromatic rings. The Morgan fingerprint density at radius 1 is 0.457 bits per heavy atom. The Hall–Kier alpha value is -3.74. The molecule has 51 atom stereocenters. The number of aldehydes is 1. The van der Waals surface area contributed by atoms with Gasteiger partial charge in [0, 0.05) is 6.92 Å². The second-order valence-electron chi connectivity index (χ2n) is 39.4. The SMILES string of the molecule is CC(=O)O[C@H]1C(C)O[C@@H](OC(=O)[C@]23CCC(C)(C)CC2C2=CCC4C5(C)CC[C@H](O[C@@H]6OC(C(=O)O)[C@@H](O)C(O[C@@H]7OC[C@@H](O)C(O)C7O)C6O[C@@H]6OC(CO)[C@H](O)C(O)C6O)C(C)(C=O)[C@@H]5CC[C@@]4(C)[C@]2(C)C[C@@H]3O)C(O[C@@H]2OC(C)[C@@H](O[C@@H]3OC[C@@H](O)C(O[C@@H]4OCC(O)(CO)C4O)C3O)C(O[C@@H]3OC(CO)[C@@H](O)C(O)C3O)C2O)C1O[C@@H]1O[C@H](C)[C@H](O)C(O)C1O. The molecule has 0 radical (unpaired) electrons. The molecule has 129 heavy (non-hydrogen) atoms. The largest absolute Gasteiger partial charge is 0.479 e. The first-order chi connectivity index (χ1) is 60.5. The maximum Gasteiger partial charge on any atom is 0.335 e. The van der Waals surface area contributed by atoms with E-state index in [1.807, 2.05) is 20.8 Å². The summed E-state index contributed by atoms with van der Waals surface area (Å²) in [5.74, 6) is -5.60. The van der Waals surface area contributed by atoms with E-state index >= 15 is 4.79 Å². The van der Waals surface area contributed by atoms with E-state index in [9.17, 15) is 132 Å². The van der Waals surface area contributed by atoms with Crippen LogP contribution in [0.25, 0.3) is 0 Å². The topological polar surface area (TPSA) is 709 Å². The number of esters is 2. The minimum absolute atomic E-state index is 0.0230. The van der Waals surface area contributed by atoms with Crippen molar-refractivity contribution in [2.45, 2.75) is 391 Å². The van der Waals surface area contributed by atoms with Crippen LogP contribution in [0.3, 0.4) is 0 Å². The Kier molecular flexibility index (Phi) is 30.2. The van der Waals surface area contributed by atoms with E-state index in [0.717, 1.165) is 18.8 Å². The number of hydrogen-bond acceptors (Lipinski definition) is 45. The van der Waals surface area contributed by atoms with E-state index in [0.29, 0.717) is 19.3 Å². The minimum atomic E-state index is -2.36. The lowest BCUT2D eigenvalue weighted by Crippen LogP contribution is -2.70. The number of hydrogen-bond donors (Lipinski definition) is 23. The number of aliphatic hydroxyl groups is 22. The molecule has 9 heterocycles. The number of rotatable bonds is 24. The van der Waals surface area contributed by atoms with Gasteiger partial charge in [0.2, 0.25) is 6.29 Å². The summed E-state index contributed by atoms with van der Waals surface area (Å²) in [4.78, 5) is 57.7. The molecule has 23 N–H and O–H groups in total. The molecule has 13 fully saturated rings. The predicted octanol–water partition coefficient (Wildman–Crippen LogP) is -9.10. The molecule has 5 aliphatic carbocycles. The second kappa shape index (κ2) is 38.6. The van der Waals surface area contributed by atoms with Crippen LogP contribution in [-0.2, 0) is 109 Å². The van der Waals surface area contributed by atoms with E-state index in [2.05, 4.69) is 19.9 Å². The first-order valence-electron chi connectivity index (χ1n) is 44.1. The Morgan fingerprint density at radius 2 is 0.961 bits per heavy atom. The molecule has 46 nitrogen and oxygen atoms in total. The van der Waals surface area contributed by atoms with Gasteiger partial charge in [-0.25, -0.2) is 4.79 Å². The van der Waals surface area contributed by atoms with Crippen molar-refractivity contribution in [2.24, 2.45) is 50.2 Å². The number of carboxylic acid groups (broad SMARTS) is 1. The van der Waals surface area contributed by atoms with E-state index in [-0.39, 0.29) is 44.4 Å². The van der Waals surface area contributed by atoms with E-state index in [1.165, 1.54) is 20.8 Å². The lowest BCUT2D eigenvalue weighted by molar-refractivity contribution is -0.404. The van der Waals surface area contributed by atoms with E-state index < -0.39 is 366 Å². The number of carbonyl (C=O) groups is 4. The molecule has 738 valence electrons. The van der Waals surface area contributed by atoms with Crippen molar-refractivity contribution >= 4 is 24.2 Å². The standard InChI is InChI=1S/C83H130O46/c1-28-42(92)46(96)50(100)69(114-28)126-62-57(117-31(4)88)30(3)116-73(64(62)128-72-55(105)60(124-70-51(101)47(97)44(94)36(21-84)118-70)56(29(2)115-72)121-68-54(104)58(35(90)24-112-68)122-75-65(106)82(110,26-87)27-113-75)129-76(109)83-18-17-77(5,6)19-33(83)32-11-12-39-78(7)15-14-41(79(8,25-86)38(78)13-16-80(39,9)81(32,10)20-40(83)91)120-74-63(127-71-52(102)48(98)45(95)37(22-85)119-71)59(53(103)61(125-74)66(107)108)123-67-49(99)43(93)34(89)23-111-67/h11,25,28-30,33-65,67-75,84-85,87,89-106,110H,12-24,26-27H2,1-10H3,(H,107,108)/t28-,29?,30?,33?,34-,35-,36?,37?,38-,39?,40+,41+,42+,43?,44-,45+,46?,47?,48?,49?,50?,51?,52?,53+,54?,55?,56-,57+,58?,59?,60?,61?,62?,63?,64?,65?,67+,68+,69+,70+,71+,72+,73+,74-,75+,78?,79?,80-,81-,82?,83-/m1/s1. The molecule has 0 bridgehead atoms. The summed E-state index contributed by atoms with van der Waals surface area (Å²) < 4.78 is 117. The van der Waals surface area contributed by atoms with Crippen molar-refractivity contribution in [1.29, 1.82) is 0 Å². The average Bonchev–Trinajstić information content (AvgIpc) is 1.43. The van der Waals surface area contributed by atoms with Crippen molar-refractivity contribution in [3.05, 3.63) is 11.6 Å². The quantitative estimate of drug-likeness (QED) is 0.0185. The predicted molar refractivity (Wildman–Crippen MR) is 416 cm³/mol. The normalized spacial score (nSPS) is 54.1. The third-order valence-corrected chi connectivity index (χ3v) is 31.0. The number of fused-ring (bicyclic) bond motifs is 7. The molecule has 27 unspecified atom stereocenters. The molecule has 0 aromatic carbocycles. The summed E-state index contributed by atoms with van der Waals surface area (Å²) in [6.07, 6.45) is -75.7. The molecule has 46 heteroatoms. The van der Waals surface area contributed by atoms with Gasteiger partial charge < -0.3 is 212 Å². The van der Waals surface area contributed by atoms with Gasteiger partial charge in [-0.2, -0.15) is 0 Å². The lowest BCUT2D eigenvalue weighted by atomic mass is 9.33. The van der Waals surface area contributed by atoms with Crippen molar-refractivity contribution in [1.82, 2.24) is 0 Å². The van der Waals surface area contributed by atoms with Crippen LogP contribution in [0.5, 0.6) is 0 Å². The monoisotopic (exact) mass is 1860 g/mol. The second-order valence-corrected chi connectivity index (χ2v) is 39.4. The molecule has 14 aliphatic rings. The van der Waals surface area contributed by atoms with Gasteiger partial charge in [-0.05, 0) is 118 Å².